The first kappa shape index (κ1) is 17.1. The molecule has 2 fully saturated rings. The van der Waals surface area contributed by atoms with Crippen molar-refractivity contribution in [2.75, 3.05) is 19.6 Å². The van der Waals surface area contributed by atoms with Gasteiger partial charge in [0, 0.05) is 37.3 Å². The number of sulfonamides is 1. The summed E-state index contributed by atoms with van der Waals surface area (Å²) in [6, 6.07) is 7.02. The molecule has 2 aliphatic heterocycles. The van der Waals surface area contributed by atoms with E-state index in [1.807, 2.05) is 4.90 Å². The smallest absolute Gasteiger partial charge is 0.253 e. The van der Waals surface area contributed by atoms with Crippen molar-refractivity contribution in [3.63, 3.8) is 0 Å². The first-order valence-corrected chi connectivity index (χ1v) is 9.74. The number of benzene rings is 1. The van der Waals surface area contributed by atoms with Crippen LogP contribution in [0.5, 0.6) is 0 Å². The van der Waals surface area contributed by atoms with Crippen LogP contribution in [0.15, 0.2) is 41.8 Å². The number of amides is 1. The molecule has 0 spiro atoms. The van der Waals surface area contributed by atoms with Crippen molar-refractivity contribution >= 4 is 15.9 Å². The van der Waals surface area contributed by atoms with Crippen LogP contribution in [0.4, 0.5) is 0 Å². The molecule has 1 aromatic rings. The summed E-state index contributed by atoms with van der Waals surface area (Å²) in [7, 11) is -3.56. The van der Waals surface area contributed by atoms with E-state index in [-0.39, 0.29) is 17.3 Å². The van der Waals surface area contributed by atoms with Gasteiger partial charge in [-0.25, -0.2) is 13.1 Å². The Morgan fingerprint density at radius 3 is 2.67 bits per heavy atom. The van der Waals surface area contributed by atoms with Gasteiger partial charge in [-0.2, -0.15) is 0 Å². The lowest BCUT2D eigenvalue weighted by atomic mass is 10.1. The maximum atomic E-state index is 12.7. The molecular formula is C17H23N3O3S. The van der Waals surface area contributed by atoms with Crippen LogP contribution in [0, 0.1) is 0 Å². The number of hydrogen-bond donors (Lipinski definition) is 2. The van der Waals surface area contributed by atoms with Gasteiger partial charge in [-0.1, -0.05) is 6.08 Å². The summed E-state index contributed by atoms with van der Waals surface area (Å²) in [6.07, 6.45) is 4.76. The molecule has 2 unspecified atom stereocenters. The van der Waals surface area contributed by atoms with Crippen LogP contribution in [0.1, 0.15) is 29.6 Å². The Kier molecular flexibility index (Phi) is 5.03. The van der Waals surface area contributed by atoms with Crippen molar-refractivity contribution in [3.8, 4) is 0 Å². The molecule has 0 aliphatic carbocycles. The van der Waals surface area contributed by atoms with Crippen LogP contribution in [-0.4, -0.2) is 50.9 Å². The zero-order valence-corrected chi connectivity index (χ0v) is 14.4. The predicted octanol–water partition coefficient (Wildman–Crippen LogP) is 1.12. The van der Waals surface area contributed by atoms with Gasteiger partial charge in [0.2, 0.25) is 10.0 Å². The van der Waals surface area contributed by atoms with E-state index in [0.29, 0.717) is 17.6 Å². The maximum absolute atomic E-state index is 12.7. The zero-order valence-electron chi connectivity index (χ0n) is 13.6. The number of carbonyl (C=O) groups excluding carboxylic acids is 1. The van der Waals surface area contributed by atoms with Gasteiger partial charge in [0.05, 0.1) is 4.90 Å². The Labute approximate surface area is 143 Å². The van der Waals surface area contributed by atoms with Gasteiger partial charge >= 0.3 is 0 Å². The lowest BCUT2D eigenvalue weighted by Crippen LogP contribution is -2.39. The second kappa shape index (κ2) is 7.04. The number of likely N-dealkylation sites (tertiary alicyclic amines) is 1. The molecule has 2 heterocycles. The third-order valence-corrected chi connectivity index (χ3v) is 6.08. The van der Waals surface area contributed by atoms with Crippen molar-refractivity contribution in [3.05, 3.63) is 42.5 Å². The number of fused-ring (bicyclic) bond motifs is 2. The molecule has 0 radical (unpaired) electrons. The maximum Gasteiger partial charge on any atom is 0.253 e. The van der Waals surface area contributed by atoms with Gasteiger partial charge in [0.1, 0.15) is 0 Å². The Hall–Kier alpha value is -1.70. The highest BCUT2D eigenvalue weighted by Gasteiger charge is 2.31. The second-order valence-electron chi connectivity index (χ2n) is 6.34. The molecule has 0 saturated carbocycles. The van der Waals surface area contributed by atoms with Crippen LogP contribution < -0.4 is 10.0 Å². The molecule has 7 heteroatoms. The summed E-state index contributed by atoms with van der Waals surface area (Å²) < 4.78 is 26.5. The third kappa shape index (κ3) is 3.68. The van der Waals surface area contributed by atoms with Gasteiger partial charge in [-0.15, -0.1) is 6.58 Å². The Morgan fingerprint density at radius 2 is 1.96 bits per heavy atom. The van der Waals surface area contributed by atoms with Gasteiger partial charge in [0.15, 0.2) is 0 Å². The Balaban J connectivity index is 1.71. The van der Waals surface area contributed by atoms with Gasteiger partial charge < -0.3 is 10.2 Å². The SMILES string of the molecule is C=CCNS(=O)(=O)c1ccc(C(=O)N2CCC3CCC(C2)N3)cc1. The first-order valence-electron chi connectivity index (χ1n) is 8.25. The fourth-order valence-corrected chi connectivity index (χ4v) is 4.34. The molecule has 2 aliphatic rings. The lowest BCUT2D eigenvalue weighted by molar-refractivity contribution is 0.0748. The third-order valence-electron chi connectivity index (χ3n) is 4.64. The van der Waals surface area contributed by atoms with Crippen molar-refractivity contribution in [2.24, 2.45) is 0 Å². The van der Waals surface area contributed by atoms with Crippen LogP contribution in [-0.2, 0) is 10.0 Å². The van der Waals surface area contributed by atoms with Crippen LogP contribution >= 0.6 is 0 Å². The molecular weight excluding hydrogens is 326 g/mol. The number of hydrogen-bond acceptors (Lipinski definition) is 4. The Morgan fingerprint density at radius 1 is 1.25 bits per heavy atom. The molecule has 3 rings (SSSR count). The monoisotopic (exact) mass is 349 g/mol. The largest absolute Gasteiger partial charge is 0.337 e. The van der Waals surface area contributed by atoms with Crippen LogP contribution in [0.3, 0.4) is 0 Å². The lowest BCUT2D eigenvalue weighted by Gasteiger charge is -2.24. The zero-order chi connectivity index (χ0) is 17.2. The number of carbonyl (C=O) groups is 1. The van der Waals surface area contributed by atoms with Gasteiger partial charge in [0.25, 0.3) is 5.91 Å². The molecule has 130 valence electrons. The fraction of sp³-hybridized carbons (Fsp3) is 0.471. The van der Waals surface area contributed by atoms with E-state index in [2.05, 4.69) is 16.6 Å². The molecule has 2 saturated heterocycles. The van der Waals surface area contributed by atoms with Gasteiger partial charge in [-0.05, 0) is 43.5 Å². The summed E-state index contributed by atoms with van der Waals surface area (Å²) in [5.74, 6) is -0.0349. The average Bonchev–Trinajstić information content (AvgIpc) is 2.91. The molecule has 0 aromatic heterocycles. The fourth-order valence-electron chi connectivity index (χ4n) is 3.34. The summed E-state index contributed by atoms with van der Waals surface area (Å²) in [4.78, 5) is 14.7. The second-order valence-corrected chi connectivity index (χ2v) is 8.11. The molecule has 1 amide bonds. The van der Waals surface area contributed by atoms with Crippen LogP contribution in [0.2, 0.25) is 0 Å². The van der Waals surface area contributed by atoms with E-state index in [1.165, 1.54) is 24.6 Å². The van der Waals surface area contributed by atoms with E-state index in [0.717, 1.165) is 25.9 Å². The highest BCUT2D eigenvalue weighted by atomic mass is 32.2. The topological polar surface area (TPSA) is 78.5 Å². The van der Waals surface area contributed by atoms with Crippen LogP contribution in [0.25, 0.3) is 0 Å². The minimum absolute atomic E-state index is 0.0349. The summed E-state index contributed by atoms with van der Waals surface area (Å²) in [5.41, 5.74) is 0.524. The highest BCUT2D eigenvalue weighted by molar-refractivity contribution is 7.89. The minimum atomic E-state index is -3.56. The van der Waals surface area contributed by atoms with E-state index < -0.39 is 10.0 Å². The first-order chi connectivity index (χ1) is 11.5. The molecule has 6 nitrogen and oxygen atoms in total. The highest BCUT2D eigenvalue weighted by Crippen LogP contribution is 2.22. The minimum Gasteiger partial charge on any atom is -0.337 e. The van der Waals surface area contributed by atoms with E-state index in [9.17, 15) is 13.2 Å². The van der Waals surface area contributed by atoms with E-state index >= 15 is 0 Å². The van der Waals surface area contributed by atoms with E-state index in [4.69, 9.17) is 0 Å². The number of nitrogens with one attached hydrogen (secondary N) is 2. The van der Waals surface area contributed by atoms with Crippen molar-refractivity contribution in [1.82, 2.24) is 14.9 Å². The number of rotatable bonds is 5. The molecule has 1 aromatic carbocycles. The molecule has 2 N–H and O–H groups in total. The standard InChI is InChI=1S/C17H23N3O3S/c1-2-10-18-24(22,23)16-7-3-13(4-8-16)17(21)20-11-9-14-5-6-15(12-20)19-14/h2-4,7-8,14-15,18-19H,1,5-6,9-12H2. The predicted molar refractivity (Wildman–Crippen MR) is 92.3 cm³/mol. The van der Waals surface area contributed by atoms with Crippen molar-refractivity contribution in [1.29, 1.82) is 0 Å². The number of nitrogens with zero attached hydrogens (tertiary/aromatic N) is 1. The summed E-state index contributed by atoms with van der Waals surface area (Å²) >= 11 is 0. The summed E-state index contributed by atoms with van der Waals surface area (Å²) in [5, 5.41) is 3.55. The van der Waals surface area contributed by atoms with Crippen molar-refractivity contribution < 1.29 is 13.2 Å². The van der Waals surface area contributed by atoms with Crippen molar-refractivity contribution in [2.45, 2.75) is 36.2 Å². The molecule has 24 heavy (non-hydrogen) atoms. The average molecular weight is 349 g/mol. The Bertz CT molecular complexity index is 715. The van der Waals surface area contributed by atoms with Gasteiger partial charge in [-0.3, -0.25) is 4.79 Å². The normalized spacial score (nSPS) is 23.8. The van der Waals surface area contributed by atoms with E-state index in [1.54, 1.807) is 12.1 Å². The quantitative estimate of drug-likeness (QED) is 0.781. The molecule has 2 bridgehead atoms. The summed E-state index contributed by atoms with van der Waals surface area (Å²) in [6.45, 7) is 5.12. The molecule has 2 atom stereocenters.